The molecule has 0 aliphatic heterocycles. The van der Waals surface area contributed by atoms with Crippen molar-refractivity contribution in [1.82, 2.24) is 9.78 Å². The zero-order chi connectivity index (χ0) is 13.5. The van der Waals surface area contributed by atoms with Crippen molar-refractivity contribution in [2.45, 2.75) is 0 Å². The molecule has 96 valence electrons. The average molecular weight is 262 g/mol. The van der Waals surface area contributed by atoms with Crippen LogP contribution in [-0.2, 0) is 0 Å². The largest absolute Gasteiger partial charge is 0.419 e. The van der Waals surface area contributed by atoms with Gasteiger partial charge in [0.25, 0.3) is 0 Å². The van der Waals surface area contributed by atoms with Crippen LogP contribution in [0.4, 0.5) is 0 Å². The third-order valence-corrected chi connectivity index (χ3v) is 3.34. The summed E-state index contributed by atoms with van der Waals surface area (Å²) in [7, 11) is 0. The molecule has 0 fully saturated rings. The first-order valence-electron chi connectivity index (χ1n) is 6.29. The summed E-state index contributed by atoms with van der Waals surface area (Å²) in [5.74, 6) is 0. The predicted octanol–water partition coefficient (Wildman–Crippen LogP) is 3.13. The molecule has 4 aromatic rings. The summed E-state index contributed by atoms with van der Waals surface area (Å²) in [6, 6.07) is 17.2. The van der Waals surface area contributed by atoms with Crippen LogP contribution >= 0.6 is 0 Å². The van der Waals surface area contributed by atoms with Crippen LogP contribution in [0, 0.1) is 0 Å². The van der Waals surface area contributed by atoms with Crippen LogP contribution in [0.1, 0.15) is 0 Å². The number of benzene rings is 2. The zero-order valence-electron chi connectivity index (χ0n) is 10.5. The molecule has 0 unspecified atom stereocenters. The van der Waals surface area contributed by atoms with Crippen LogP contribution < -0.4 is 5.63 Å². The van der Waals surface area contributed by atoms with Crippen molar-refractivity contribution in [3.8, 4) is 5.69 Å². The zero-order valence-corrected chi connectivity index (χ0v) is 10.5. The van der Waals surface area contributed by atoms with Gasteiger partial charge in [0, 0.05) is 5.39 Å². The Kier molecular flexibility index (Phi) is 2.23. The van der Waals surface area contributed by atoms with Gasteiger partial charge < -0.3 is 4.42 Å². The highest BCUT2D eigenvalue weighted by atomic mass is 16.4. The lowest BCUT2D eigenvalue weighted by atomic mass is 10.1. The molecule has 0 aliphatic carbocycles. The molecule has 0 atom stereocenters. The molecule has 0 N–H and O–H groups in total. The van der Waals surface area contributed by atoms with Crippen LogP contribution in [0.5, 0.6) is 0 Å². The highest BCUT2D eigenvalue weighted by Gasteiger charge is 2.12. The fourth-order valence-corrected chi connectivity index (χ4v) is 2.44. The topological polar surface area (TPSA) is 48.0 Å². The van der Waals surface area contributed by atoms with Crippen molar-refractivity contribution in [2.24, 2.45) is 0 Å². The maximum atomic E-state index is 11.9. The maximum absolute atomic E-state index is 11.9. The Morgan fingerprint density at radius 2 is 1.60 bits per heavy atom. The van der Waals surface area contributed by atoms with E-state index in [4.69, 9.17) is 4.42 Å². The number of para-hydroxylation sites is 1. The van der Waals surface area contributed by atoms with E-state index in [-0.39, 0.29) is 5.63 Å². The molecule has 0 saturated carbocycles. The highest BCUT2D eigenvalue weighted by molar-refractivity contribution is 6.02. The molecule has 4 nitrogen and oxygen atoms in total. The molecule has 2 aromatic heterocycles. The Morgan fingerprint density at radius 1 is 0.900 bits per heavy atom. The van der Waals surface area contributed by atoms with Crippen molar-refractivity contribution in [1.29, 1.82) is 0 Å². The molecule has 4 heteroatoms. The van der Waals surface area contributed by atoms with Crippen LogP contribution in [0.25, 0.3) is 27.6 Å². The van der Waals surface area contributed by atoms with E-state index in [2.05, 4.69) is 5.10 Å². The molecular weight excluding hydrogens is 252 g/mol. The lowest BCUT2D eigenvalue weighted by Crippen LogP contribution is -2.01. The first-order valence-corrected chi connectivity index (χ1v) is 6.29. The summed E-state index contributed by atoms with van der Waals surface area (Å²) < 4.78 is 7.13. The van der Waals surface area contributed by atoms with Gasteiger partial charge in [-0.3, -0.25) is 0 Å². The van der Waals surface area contributed by atoms with Crippen molar-refractivity contribution in [3.05, 3.63) is 71.2 Å². The summed E-state index contributed by atoms with van der Waals surface area (Å²) in [4.78, 5) is 11.9. The molecule has 0 radical (unpaired) electrons. The van der Waals surface area contributed by atoms with Gasteiger partial charge in [-0.2, -0.15) is 5.10 Å². The molecule has 0 spiro atoms. The van der Waals surface area contributed by atoms with E-state index in [1.54, 1.807) is 16.9 Å². The molecule has 20 heavy (non-hydrogen) atoms. The van der Waals surface area contributed by atoms with Gasteiger partial charge in [-0.25, -0.2) is 9.48 Å². The quantitative estimate of drug-likeness (QED) is 0.529. The number of aromatic nitrogens is 2. The second-order valence-electron chi connectivity index (χ2n) is 4.54. The summed E-state index contributed by atoms with van der Waals surface area (Å²) >= 11 is 0. The molecular formula is C16H10N2O2. The minimum atomic E-state index is -0.333. The normalized spacial score (nSPS) is 11.2. The van der Waals surface area contributed by atoms with Gasteiger partial charge in [-0.15, -0.1) is 0 Å². The van der Waals surface area contributed by atoms with Crippen molar-refractivity contribution >= 4 is 21.9 Å². The van der Waals surface area contributed by atoms with Crippen molar-refractivity contribution in [2.75, 3.05) is 0 Å². The van der Waals surface area contributed by atoms with E-state index in [0.29, 0.717) is 11.0 Å². The second-order valence-corrected chi connectivity index (χ2v) is 4.54. The summed E-state index contributed by atoms with van der Waals surface area (Å²) in [6.45, 7) is 0. The predicted molar refractivity (Wildman–Crippen MR) is 77.1 cm³/mol. The van der Waals surface area contributed by atoms with Gasteiger partial charge >= 0.3 is 5.63 Å². The van der Waals surface area contributed by atoms with Gasteiger partial charge in [0.1, 0.15) is 5.52 Å². The van der Waals surface area contributed by atoms with Gasteiger partial charge in [0.05, 0.1) is 17.3 Å². The Bertz CT molecular complexity index is 968. The van der Waals surface area contributed by atoms with Crippen LogP contribution in [0.15, 0.2) is 70.0 Å². The van der Waals surface area contributed by atoms with E-state index in [0.717, 1.165) is 16.6 Å². The lowest BCUT2D eigenvalue weighted by molar-refractivity contribution is 0.569. The van der Waals surface area contributed by atoms with E-state index in [9.17, 15) is 4.79 Å². The van der Waals surface area contributed by atoms with E-state index in [1.165, 1.54) is 0 Å². The van der Waals surface area contributed by atoms with E-state index >= 15 is 0 Å². The minimum Gasteiger partial charge on any atom is -0.419 e. The average Bonchev–Trinajstić information content (AvgIpc) is 2.92. The fraction of sp³-hybridized carbons (Fsp3) is 0. The van der Waals surface area contributed by atoms with Crippen molar-refractivity contribution in [3.63, 3.8) is 0 Å². The molecule has 4 rings (SSSR count). The van der Waals surface area contributed by atoms with Crippen LogP contribution in [-0.4, -0.2) is 9.78 Å². The SMILES string of the molecule is O=c1oc2cnn(-c3ccccc3)c2c2ccccc12. The lowest BCUT2D eigenvalue weighted by Gasteiger charge is -2.04. The van der Waals surface area contributed by atoms with Gasteiger partial charge in [-0.05, 0) is 18.2 Å². The van der Waals surface area contributed by atoms with Gasteiger partial charge in [0.2, 0.25) is 0 Å². The molecule has 0 aliphatic rings. The van der Waals surface area contributed by atoms with Crippen LogP contribution in [0.2, 0.25) is 0 Å². The summed E-state index contributed by atoms with van der Waals surface area (Å²) in [5, 5.41) is 5.76. The number of nitrogens with zero attached hydrogens (tertiary/aromatic N) is 2. The van der Waals surface area contributed by atoms with E-state index in [1.807, 2.05) is 48.5 Å². The summed E-state index contributed by atoms with van der Waals surface area (Å²) in [5.41, 5.74) is 1.91. The van der Waals surface area contributed by atoms with Gasteiger partial charge in [0.15, 0.2) is 5.58 Å². The molecule has 0 amide bonds. The molecule has 2 heterocycles. The Balaban J connectivity index is 2.20. The molecule has 0 bridgehead atoms. The third kappa shape index (κ3) is 1.48. The smallest absolute Gasteiger partial charge is 0.344 e. The molecule has 2 aromatic carbocycles. The van der Waals surface area contributed by atoms with Gasteiger partial charge in [-0.1, -0.05) is 36.4 Å². The first-order chi connectivity index (χ1) is 9.84. The number of fused-ring (bicyclic) bond motifs is 3. The standard InChI is InChI=1S/C16H10N2O2/c19-16-13-9-5-4-8-12(13)15-14(20-16)10-17-18(15)11-6-2-1-3-7-11/h1-10H. The third-order valence-electron chi connectivity index (χ3n) is 3.34. The Labute approximate surface area is 113 Å². The Hall–Kier alpha value is -2.88. The number of hydrogen-bond acceptors (Lipinski definition) is 3. The Morgan fingerprint density at radius 3 is 2.40 bits per heavy atom. The van der Waals surface area contributed by atoms with Crippen LogP contribution in [0.3, 0.4) is 0 Å². The first kappa shape index (κ1) is 11.0. The minimum absolute atomic E-state index is 0.333. The molecule has 0 saturated heterocycles. The number of rotatable bonds is 1. The fourth-order valence-electron chi connectivity index (χ4n) is 2.44. The highest BCUT2D eigenvalue weighted by Crippen LogP contribution is 2.24. The second kappa shape index (κ2) is 4.06. The van der Waals surface area contributed by atoms with Crippen molar-refractivity contribution < 1.29 is 4.42 Å². The monoisotopic (exact) mass is 262 g/mol. The summed E-state index contributed by atoms with van der Waals surface area (Å²) in [6.07, 6.45) is 1.58. The van der Waals surface area contributed by atoms with E-state index < -0.39 is 0 Å². The maximum Gasteiger partial charge on any atom is 0.344 e. The number of hydrogen-bond donors (Lipinski definition) is 0.